The standard InChI is InChI=1S/C32H41N5O6/c1-6-7-16-43-32(42)35(5)21(4)29(38)34-28(20(2)3)30(39)37-14-9-12-26(37)22-17-23(19-33-18-22)36-15-13-24-25(31(40)41)10-8-11-27(24)36/h8,10-11,13,15,17-21,26,28H,6-7,9,12,14,16H2,1-5H3,(H,34,38)(H,40,41)/t21-,26-,28-/m0/s1. The number of carbonyl (C=O) groups excluding carboxylic acids is 3. The largest absolute Gasteiger partial charge is 0.478 e. The first kappa shape index (κ1) is 31.5. The molecule has 3 amide bonds. The minimum absolute atomic E-state index is 0.186. The first-order valence-corrected chi connectivity index (χ1v) is 14.8. The number of rotatable bonds is 11. The Labute approximate surface area is 251 Å². The van der Waals surface area contributed by atoms with Crippen molar-refractivity contribution in [2.75, 3.05) is 20.2 Å². The molecule has 1 aliphatic heterocycles. The van der Waals surface area contributed by atoms with Crippen molar-refractivity contribution in [1.82, 2.24) is 24.7 Å². The van der Waals surface area contributed by atoms with Gasteiger partial charge in [0.05, 0.1) is 35.6 Å². The molecule has 1 aromatic carbocycles. The van der Waals surface area contributed by atoms with Gasteiger partial charge in [0.25, 0.3) is 0 Å². The van der Waals surface area contributed by atoms with Gasteiger partial charge in [0.2, 0.25) is 11.8 Å². The van der Waals surface area contributed by atoms with Crippen LogP contribution in [0.4, 0.5) is 4.79 Å². The van der Waals surface area contributed by atoms with Crippen LogP contribution in [0.3, 0.4) is 0 Å². The molecule has 11 nitrogen and oxygen atoms in total. The average molecular weight is 592 g/mol. The van der Waals surface area contributed by atoms with Crippen molar-refractivity contribution in [2.45, 2.75) is 71.5 Å². The number of ether oxygens (including phenoxy) is 1. The number of carboxylic acids is 1. The molecule has 1 saturated heterocycles. The summed E-state index contributed by atoms with van der Waals surface area (Å²) < 4.78 is 7.12. The fourth-order valence-corrected chi connectivity index (χ4v) is 5.42. The van der Waals surface area contributed by atoms with Crippen LogP contribution in [-0.2, 0) is 14.3 Å². The van der Waals surface area contributed by atoms with E-state index in [2.05, 4.69) is 10.3 Å². The van der Waals surface area contributed by atoms with Gasteiger partial charge in [-0.15, -0.1) is 0 Å². The Morgan fingerprint density at radius 3 is 2.63 bits per heavy atom. The Kier molecular flexibility index (Phi) is 10.1. The number of carbonyl (C=O) groups is 4. The number of nitrogens with zero attached hydrogens (tertiary/aromatic N) is 4. The second-order valence-corrected chi connectivity index (χ2v) is 11.4. The molecular formula is C32H41N5O6. The van der Waals surface area contributed by atoms with Gasteiger partial charge in [-0.3, -0.25) is 19.5 Å². The lowest BCUT2D eigenvalue weighted by molar-refractivity contribution is -0.139. The van der Waals surface area contributed by atoms with Crippen LogP contribution < -0.4 is 5.32 Å². The van der Waals surface area contributed by atoms with Crippen LogP contribution in [0.1, 0.15) is 75.3 Å². The molecule has 0 spiro atoms. The van der Waals surface area contributed by atoms with Crippen molar-refractivity contribution in [3.05, 3.63) is 60.0 Å². The number of fused-ring (bicyclic) bond motifs is 1. The third-order valence-electron chi connectivity index (χ3n) is 8.11. The average Bonchev–Trinajstić information content (AvgIpc) is 3.66. The lowest BCUT2D eigenvalue weighted by Gasteiger charge is -2.32. The maximum atomic E-state index is 13.9. The SMILES string of the molecule is CCCCOC(=O)N(C)[C@@H](C)C(=O)N[C@H](C(=O)N1CCC[C@H]1c1cncc(-n2ccc3c(C(=O)O)cccc32)c1)C(C)C. The van der Waals surface area contributed by atoms with E-state index in [0.29, 0.717) is 11.9 Å². The molecule has 0 saturated carbocycles. The molecular weight excluding hydrogens is 550 g/mol. The van der Waals surface area contributed by atoms with Gasteiger partial charge in [-0.2, -0.15) is 0 Å². The summed E-state index contributed by atoms with van der Waals surface area (Å²) in [6.45, 7) is 8.20. The number of likely N-dealkylation sites (N-methyl/N-ethyl adjacent to an activating group) is 1. The van der Waals surface area contributed by atoms with Gasteiger partial charge >= 0.3 is 12.1 Å². The fraction of sp³-hybridized carbons (Fsp3) is 0.469. The molecule has 1 aliphatic rings. The summed E-state index contributed by atoms with van der Waals surface area (Å²) >= 11 is 0. The van der Waals surface area contributed by atoms with Gasteiger partial charge in [0.1, 0.15) is 12.1 Å². The maximum Gasteiger partial charge on any atom is 0.410 e. The van der Waals surface area contributed by atoms with Crippen LogP contribution in [0.5, 0.6) is 0 Å². The predicted molar refractivity (Wildman–Crippen MR) is 162 cm³/mol. The van der Waals surface area contributed by atoms with Crippen molar-refractivity contribution < 1.29 is 29.0 Å². The van der Waals surface area contributed by atoms with E-state index in [9.17, 15) is 24.3 Å². The van der Waals surface area contributed by atoms with E-state index in [1.54, 1.807) is 42.4 Å². The van der Waals surface area contributed by atoms with Crippen molar-refractivity contribution >= 4 is 34.8 Å². The number of aromatic nitrogens is 2. The summed E-state index contributed by atoms with van der Waals surface area (Å²) in [7, 11) is 1.51. The predicted octanol–water partition coefficient (Wildman–Crippen LogP) is 4.79. The number of aromatic carboxylic acids is 1. The number of hydrogen-bond acceptors (Lipinski definition) is 6. The zero-order valence-corrected chi connectivity index (χ0v) is 25.4. The number of unbranched alkanes of at least 4 members (excludes halogenated alkanes) is 1. The quantitative estimate of drug-likeness (QED) is 0.306. The van der Waals surface area contributed by atoms with E-state index in [-0.39, 0.29) is 30.0 Å². The van der Waals surface area contributed by atoms with Crippen molar-refractivity contribution in [1.29, 1.82) is 0 Å². The topological polar surface area (TPSA) is 134 Å². The van der Waals surface area contributed by atoms with E-state index >= 15 is 0 Å². The van der Waals surface area contributed by atoms with Crippen LogP contribution in [0.25, 0.3) is 16.6 Å². The number of carboxylic acid groups (broad SMARTS) is 1. The van der Waals surface area contributed by atoms with Gasteiger partial charge in [-0.1, -0.05) is 33.3 Å². The summed E-state index contributed by atoms with van der Waals surface area (Å²) in [6, 6.07) is 7.06. The summed E-state index contributed by atoms with van der Waals surface area (Å²) in [4.78, 5) is 58.7. The van der Waals surface area contributed by atoms with Crippen LogP contribution in [0.2, 0.25) is 0 Å². The van der Waals surface area contributed by atoms with E-state index in [1.165, 1.54) is 11.9 Å². The van der Waals surface area contributed by atoms with Gasteiger partial charge < -0.3 is 24.6 Å². The Balaban J connectivity index is 1.52. The third-order valence-corrected chi connectivity index (χ3v) is 8.11. The summed E-state index contributed by atoms with van der Waals surface area (Å²) in [5.74, 6) is -1.79. The Hall–Kier alpha value is -4.41. The highest BCUT2D eigenvalue weighted by molar-refractivity contribution is 6.03. The summed E-state index contributed by atoms with van der Waals surface area (Å²) in [5.41, 5.74) is 2.58. The zero-order chi connectivity index (χ0) is 31.3. The lowest BCUT2D eigenvalue weighted by atomic mass is 10.00. The van der Waals surface area contributed by atoms with Crippen molar-refractivity contribution in [3.63, 3.8) is 0 Å². The molecule has 0 radical (unpaired) electrons. The van der Waals surface area contributed by atoms with Crippen LogP contribution >= 0.6 is 0 Å². The molecule has 0 unspecified atom stereocenters. The van der Waals surface area contributed by atoms with E-state index in [1.807, 2.05) is 43.7 Å². The molecule has 0 aliphatic carbocycles. The second-order valence-electron chi connectivity index (χ2n) is 11.4. The zero-order valence-electron chi connectivity index (χ0n) is 25.4. The number of likely N-dealkylation sites (tertiary alicyclic amines) is 1. The molecule has 3 heterocycles. The molecule has 3 atom stereocenters. The number of benzene rings is 1. The van der Waals surface area contributed by atoms with Crippen LogP contribution in [0.15, 0.2) is 48.9 Å². The van der Waals surface area contributed by atoms with Gasteiger partial charge in [0, 0.05) is 31.4 Å². The molecule has 4 rings (SSSR count). The van der Waals surface area contributed by atoms with Crippen molar-refractivity contribution in [2.24, 2.45) is 5.92 Å². The number of amides is 3. The molecule has 1 fully saturated rings. The maximum absolute atomic E-state index is 13.9. The number of hydrogen-bond donors (Lipinski definition) is 2. The molecule has 230 valence electrons. The molecule has 43 heavy (non-hydrogen) atoms. The highest BCUT2D eigenvalue weighted by Gasteiger charge is 2.37. The Morgan fingerprint density at radius 1 is 1.16 bits per heavy atom. The highest BCUT2D eigenvalue weighted by atomic mass is 16.6. The first-order valence-electron chi connectivity index (χ1n) is 14.8. The smallest absolute Gasteiger partial charge is 0.410 e. The molecule has 2 N–H and O–H groups in total. The minimum Gasteiger partial charge on any atom is -0.478 e. The van der Waals surface area contributed by atoms with E-state index in [4.69, 9.17) is 4.74 Å². The minimum atomic E-state index is -0.991. The molecule has 11 heteroatoms. The first-order chi connectivity index (χ1) is 20.5. The monoisotopic (exact) mass is 591 g/mol. The van der Waals surface area contributed by atoms with Crippen LogP contribution in [-0.4, -0.2) is 80.6 Å². The van der Waals surface area contributed by atoms with Gasteiger partial charge in [-0.25, -0.2) is 9.59 Å². The molecule has 3 aromatic rings. The van der Waals surface area contributed by atoms with E-state index in [0.717, 1.165) is 42.5 Å². The Bertz CT molecular complexity index is 1480. The van der Waals surface area contributed by atoms with Gasteiger partial charge in [-0.05, 0) is 61.9 Å². The second kappa shape index (κ2) is 13.7. The molecule has 0 bridgehead atoms. The van der Waals surface area contributed by atoms with Crippen molar-refractivity contribution in [3.8, 4) is 5.69 Å². The Morgan fingerprint density at radius 2 is 1.93 bits per heavy atom. The lowest BCUT2D eigenvalue weighted by Crippen LogP contribution is -2.55. The van der Waals surface area contributed by atoms with E-state index < -0.39 is 30.1 Å². The third kappa shape index (κ3) is 6.81. The molecule has 2 aromatic heterocycles. The number of nitrogens with one attached hydrogen (secondary N) is 1. The number of pyridine rings is 1. The summed E-state index contributed by atoms with van der Waals surface area (Å²) in [6.07, 6.45) is 7.87. The highest BCUT2D eigenvalue weighted by Crippen LogP contribution is 2.34. The van der Waals surface area contributed by atoms with Gasteiger partial charge in [0.15, 0.2) is 0 Å². The van der Waals surface area contributed by atoms with Crippen LogP contribution in [0, 0.1) is 5.92 Å². The fourth-order valence-electron chi connectivity index (χ4n) is 5.42. The normalized spacial score (nSPS) is 16.2. The summed E-state index contributed by atoms with van der Waals surface area (Å²) in [5, 5.41) is 13.1.